The SMILES string of the molecule is CCNC(=NCc1ccc(OCC(F)(F)F)c(OC)c1)NCCCOCCOC.I. The summed E-state index contributed by atoms with van der Waals surface area (Å²) in [5.41, 5.74) is 0.779. The number of alkyl halides is 3. The molecule has 0 bridgehead atoms. The fraction of sp³-hybridized carbons (Fsp3) is 0.632. The van der Waals surface area contributed by atoms with Gasteiger partial charge in [-0.05, 0) is 31.0 Å². The predicted octanol–water partition coefficient (Wildman–Crippen LogP) is 3.36. The summed E-state index contributed by atoms with van der Waals surface area (Å²) >= 11 is 0. The summed E-state index contributed by atoms with van der Waals surface area (Å²) < 4.78 is 57.2. The van der Waals surface area contributed by atoms with E-state index in [1.807, 2.05) is 6.92 Å². The molecule has 174 valence electrons. The van der Waals surface area contributed by atoms with Gasteiger partial charge < -0.3 is 29.6 Å². The van der Waals surface area contributed by atoms with Crippen LogP contribution in [0.2, 0.25) is 0 Å². The molecule has 0 radical (unpaired) electrons. The molecule has 0 saturated heterocycles. The number of aliphatic imine (C=N–C) groups is 1. The molecule has 11 heteroatoms. The smallest absolute Gasteiger partial charge is 0.422 e. The first-order valence-corrected chi connectivity index (χ1v) is 9.35. The van der Waals surface area contributed by atoms with E-state index in [2.05, 4.69) is 15.6 Å². The Kier molecular flexibility index (Phi) is 15.5. The van der Waals surface area contributed by atoms with Crippen LogP contribution in [-0.2, 0) is 16.0 Å². The number of ether oxygens (including phenoxy) is 4. The molecule has 0 amide bonds. The minimum atomic E-state index is -4.41. The Morgan fingerprint density at radius 1 is 1.07 bits per heavy atom. The van der Waals surface area contributed by atoms with Crippen LogP contribution in [0, 0.1) is 0 Å². The summed E-state index contributed by atoms with van der Waals surface area (Å²) in [6.45, 7) is 4.06. The second kappa shape index (κ2) is 16.3. The molecule has 7 nitrogen and oxygen atoms in total. The van der Waals surface area contributed by atoms with Crippen molar-refractivity contribution in [2.75, 3.05) is 53.7 Å². The van der Waals surface area contributed by atoms with Crippen molar-refractivity contribution in [1.82, 2.24) is 10.6 Å². The Morgan fingerprint density at radius 3 is 2.47 bits per heavy atom. The second-order valence-corrected chi connectivity index (χ2v) is 5.97. The fourth-order valence-corrected chi connectivity index (χ4v) is 2.23. The molecule has 0 atom stereocenters. The summed E-state index contributed by atoms with van der Waals surface area (Å²) in [6, 6.07) is 4.72. The number of hydrogen-bond donors (Lipinski definition) is 2. The third kappa shape index (κ3) is 13.0. The van der Waals surface area contributed by atoms with E-state index in [9.17, 15) is 13.2 Å². The first kappa shape index (κ1) is 28.5. The molecule has 1 rings (SSSR count). The van der Waals surface area contributed by atoms with E-state index >= 15 is 0 Å². The van der Waals surface area contributed by atoms with Gasteiger partial charge in [-0.15, -0.1) is 24.0 Å². The Morgan fingerprint density at radius 2 is 1.83 bits per heavy atom. The van der Waals surface area contributed by atoms with Crippen LogP contribution in [0.1, 0.15) is 18.9 Å². The van der Waals surface area contributed by atoms with Crippen molar-refractivity contribution >= 4 is 29.9 Å². The summed E-state index contributed by atoms with van der Waals surface area (Å²) in [5.74, 6) is 0.907. The van der Waals surface area contributed by atoms with Gasteiger partial charge in [0.2, 0.25) is 0 Å². The van der Waals surface area contributed by atoms with Gasteiger partial charge >= 0.3 is 6.18 Å². The van der Waals surface area contributed by atoms with Crippen molar-refractivity contribution in [2.24, 2.45) is 4.99 Å². The van der Waals surface area contributed by atoms with Gasteiger partial charge in [-0.25, -0.2) is 4.99 Å². The molecule has 0 heterocycles. The molecular weight excluding hydrogens is 518 g/mol. The van der Waals surface area contributed by atoms with E-state index in [0.717, 1.165) is 12.0 Å². The van der Waals surface area contributed by atoms with Crippen molar-refractivity contribution in [3.8, 4) is 11.5 Å². The zero-order valence-corrected chi connectivity index (χ0v) is 19.8. The van der Waals surface area contributed by atoms with E-state index in [1.54, 1.807) is 19.2 Å². The second-order valence-electron chi connectivity index (χ2n) is 5.97. The highest BCUT2D eigenvalue weighted by molar-refractivity contribution is 14.0. The maximum absolute atomic E-state index is 12.3. The first-order valence-electron chi connectivity index (χ1n) is 9.35. The predicted molar refractivity (Wildman–Crippen MR) is 120 cm³/mol. The molecule has 30 heavy (non-hydrogen) atoms. The summed E-state index contributed by atoms with van der Waals surface area (Å²) in [6.07, 6.45) is -3.59. The van der Waals surface area contributed by atoms with Crippen LogP contribution in [0.5, 0.6) is 11.5 Å². The number of halogens is 4. The van der Waals surface area contributed by atoms with Gasteiger partial charge in [-0.1, -0.05) is 6.07 Å². The number of benzene rings is 1. The lowest BCUT2D eigenvalue weighted by Gasteiger charge is -2.14. The summed E-state index contributed by atoms with van der Waals surface area (Å²) in [7, 11) is 3.01. The van der Waals surface area contributed by atoms with Crippen molar-refractivity contribution in [3.63, 3.8) is 0 Å². The van der Waals surface area contributed by atoms with Crippen LogP contribution in [0.15, 0.2) is 23.2 Å². The summed E-state index contributed by atoms with van der Waals surface area (Å²) in [5, 5.41) is 6.34. The van der Waals surface area contributed by atoms with Crippen LogP contribution in [-0.4, -0.2) is 65.9 Å². The van der Waals surface area contributed by atoms with Gasteiger partial charge in [0.05, 0.1) is 26.9 Å². The van der Waals surface area contributed by atoms with Crippen LogP contribution in [0.25, 0.3) is 0 Å². The lowest BCUT2D eigenvalue weighted by atomic mass is 10.2. The lowest BCUT2D eigenvalue weighted by molar-refractivity contribution is -0.153. The van der Waals surface area contributed by atoms with Gasteiger partial charge in [-0.2, -0.15) is 13.2 Å². The van der Waals surface area contributed by atoms with Crippen molar-refractivity contribution in [1.29, 1.82) is 0 Å². The van der Waals surface area contributed by atoms with E-state index < -0.39 is 12.8 Å². The molecule has 0 spiro atoms. The Hall–Kier alpha value is -1.47. The zero-order chi connectivity index (χ0) is 21.5. The van der Waals surface area contributed by atoms with E-state index in [0.29, 0.717) is 45.4 Å². The third-order valence-electron chi connectivity index (χ3n) is 3.57. The average Bonchev–Trinajstić information content (AvgIpc) is 2.69. The lowest BCUT2D eigenvalue weighted by Crippen LogP contribution is -2.38. The van der Waals surface area contributed by atoms with E-state index in [4.69, 9.17) is 18.9 Å². The number of nitrogens with zero attached hydrogens (tertiary/aromatic N) is 1. The van der Waals surface area contributed by atoms with Crippen LogP contribution >= 0.6 is 24.0 Å². The van der Waals surface area contributed by atoms with Crippen molar-refractivity contribution in [2.45, 2.75) is 26.1 Å². The van der Waals surface area contributed by atoms with Gasteiger partial charge in [0.1, 0.15) is 0 Å². The van der Waals surface area contributed by atoms with Crippen LogP contribution < -0.4 is 20.1 Å². The van der Waals surface area contributed by atoms with Crippen molar-refractivity contribution in [3.05, 3.63) is 23.8 Å². The van der Waals surface area contributed by atoms with Crippen LogP contribution in [0.4, 0.5) is 13.2 Å². The van der Waals surface area contributed by atoms with Gasteiger partial charge in [-0.3, -0.25) is 0 Å². The highest BCUT2D eigenvalue weighted by atomic mass is 127. The molecule has 0 aliphatic heterocycles. The highest BCUT2D eigenvalue weighted by Gasteiger charge is 2.29. The van der Waals surface area contributed by atoms with Gasteiger partial charge in [0.25, 0.3) is 0 Å². The molecule has 1 aromatic carbocycles. The topological polar surface area (TPSA) is 73.3 Å². The Balaban J connectivity index is 0.00000841. The zero-order valence-electron chi connectivity index (χ0n) is 17.5. The average molecular weight is 549 g/mol. The number of hydrogen-bond acceptors (Lipinski definition) is 5. The molecule has 0 saturated carbocycles. The first-order chi connectivity index (χ1) is 13.9. The molecule has 0 aromatic heterocycles. The minimum Gasteiger partial charge on any atom is -0.493 e. The highest BCUT2D eigenvalue weighted by Crippen LogP contribution is 2.30. The Labute approximate surface area is 192 Å². The normalized spacial score (nSPS) is 11.6. The molecule has 0 aliphatic rings. The number of guanidine groups is 1. The van der Waals surface area contributed by atoms with E-state index in [1.165, 1.54) is 13.2 Å². The van der Waals surface area contributed by atoms with Gasteiger partial charge in [0.15, 0.2) is 24.1 Å². The van der Waals surface area contributed by atoms with E-state index in [-0.39, 0.29) is 35.5 Å². The molecule has 0 aliphatic carbocycles. The molecular formula is C19H31F3IN3O4. The quantitative estimate of drug-likeness (QED) is 0.170. The summed E-state index contributed by atoms with van der Waals surface area (Å²) in [4.78, 5) is 4.48. The fourth-order valence-electron chi connectivity index (χ4n) is 2.23. The number of rotatable bonds is 13. The molecule has 0 unspecified atom stereocenters. The van der Waals surface area contributed by atoms with Crippen molar-refractivity contribution < 1.29 is 32.1 Å². The number of methoxy groups -OCH3 is 2. The largest absolute Gasteiger partial charge is 0.493 e. The molecule has 1 aromatic rings. The van der Waals surface area contributed by atoms with Gasteiger partial charge in [0, 0.05) is 26.8 Å². The molecule has 0 fully saturated rings. The minimum absolute atomic E-state index is 0. The maximum atomic E-state index is 12.3. The maximum Gasteiger partial charge on any atom is 0.422 e. The molecule has 2 N–H and O–H groups in total. The van der Waals surface area contributed by atoms with Crippen LogP contribution in [0.3, 0.4) is 0 Å². The third-order valence-corrected chi connectivity index (χ3v) is 3.57. The number of nitrogens with one attached hydrogen (secondary N) is 2. The Bertz CT molecular complexity index is 619. The monoisotopic (exact) mass is 549 g/mol. The standard InChI is InChI=1S/C19H30F3N3O4.HI/c1-4-23-18(24-8-5-9-28-11-10-26-2)25-13-15-6-7-16(17(12-15)27-3)29-14-19(20,21)22;/h6-7,12H,4-5,8-11,13-14H2,1-3H3,(H2,23,24,25);1H.